The maximum absolute atomic E-state index is 12.9. The van der Waals surface area contributed by atoms with Crippen molar-refractivity contribution in [2.75, 3.05) is 32.1 Å². The quantitative estimate of drug-likeness (QED) is 0.527. The number of thioether (sulfide) groups is 1. The summed E-state index contributed by atoms with van der Waals surface area (Å²) in [7, 11) is 3.46. The molecule has 0 unspecified atom stereocenters. The average Bonchev–Trinajstić information content (AvgIpc) is 2.91. The molecule has 9 heteroatoms. The Morgan fingerprint density at radius 2 is 1.82 bits per heavy atom. The second-order valence-electron chi connectivity index (χ2n) is 7.10. The van der Waals surface area contributed by atoms with Crippen LogP contribution in [0.15, 0.2) is 65.6 Å². The van der Waals surface area contributed by atoms with Crippen molar-refractivity contribution >= 4 is 35.1 Å². The number of fused-ring (bicyclic) bond motifs is 1. The lowest BCUT2D eigenvalue weighted by molar-refractivity contribution is -0.131. The number of hydrogen-bond acceptors (Lipinski definition) is 7. The highest BCUT2D eigenvalue weighted by Gasteiger charge is 2.36. The number of aliphatic hydroxyl groups is 1. The molecule has 0 saturated carbocycles. The van der Waals surface area contributed by atoms with Gasteiger partial charge in [-0.05, 0) is 49.9 Å². The van der Waals surface area contributed by atoms with E-state index in [1.807, 2.05) is 55.6 Å². The first-order valence-electron chi connectivity index (χ1n) is 10.2. The van der Waals surface area contributed by atoms with Gasteiger partial charge in [0.1, 0.15) is 11.9 Å². The third-order valence-electron chi connectivity index (χ3n) is 4.71. The summed E-state index contributed by atoms with van der Waals surface area (Å²) in [5.41, 5.74) is 1.75. The van der Waals surface area contributed by atoms with Gasteiger partial charge in [0.2, 0.25) is 0 Å². The van der Waals surface area contributed by atoms with Crippen LogP contribution in [-0.4, -0.2) is 61.2 Å². The molecule has 2 atom stereocenters. The minimum Gasteiger partial charge on any atom is -0.497 e. The van der Waals surface area contributed by atoms with Crippen molar-refractivity contribution in [3.8, 4) is 5.75 Å². The highest BCUT2D eigenvalue weighted by Crippen LogP contribution is 2.45. The number of aliphatic hydroxyl groups excluding tert-OH is 1. The number of methoxy groups -OCH3 is 1. The smallest absolute Gasteiger partial charge is 0.328 e. The number of likely N-dealkylation sites (N-methyl/N-ethyl adjacent to an activating group) is 1. The largest absolute Gasteiger partial charge is 0.497 e. The van der Waals surface area contributed by atoms with E-state index in [1.165, 1.54) is 18.7 Å². The van der Waals surface area contributed by atoms with Crippen molar-refractivity contribution in [3.05, 3.63) is 66.2 Å². The molecule has 0 spiro atoms. The highest BCUT2D eigenvalue weighted by atomic mass is 32.2. The Kier molecular flexibility index (Phi) is 10.1. The maximum Gasteiger partial charge on any atom is 0.328 e. The number of carbonyl (C=O) groups is 3. The molecule has 33 heavy (non-hydrogen) atoms. The zero-order valence-corrected chi connectivity index (χ0v) is 19.5. The molecule has 1 heterocycles. The Labute approximate surface area is 197 Å². The van der Waals surface area contributed by atoms with Gasteiger partial charge in [0.05, 0.1) is 18.0 Å². The van der Waals surface area contributed by atoms with E-state index < -0.39 is 12.1 Å². The molecular weight excluding hydrogens is 444 g/mol. The number of carboxylic acid groups (broad SMARTS) is 1. The summed E-state index contributed by atoms with van der Waals surface area (Å²) < 4.78 is 5.20. The van der Waals surface area contributed by atoms with E-state index in [9.17, 15) is 19.5 Å². The summed E-state index contributed by atoms with van der Waals surface area (Å²) in [6, 6.07) is 15.3. The minimum atomic E-state index is -1.11. The molecule has 3 N–H and O–H groups in total. The molecule has 176 valence electrons. The monoisotopic (exact) mass is 472 g/mol. The van der Waals surface area contributed by atoms with Crippen LogP contribution >= 0.6 is 11.8 Å². The van der Waals surface area contributed by atoms with Crippen molar-refractivity contribution in [2.45, 2.75) is 23.2 Å². The van der Waals surface area contributed by atoms with Crippen LogP contribution in [0.3, 0.4) is 0 Å². The lowest BCUT2D eigenvalue weighted by atomic mass is 10.1. The number of amides is 1. The number of nitrogens with zero attached hydrogens (tertiary/aromatic N) is 1. The molecule has 2 aromatic rings. The molecule has 2 aromatic carbocycles. The minimum absolute atomic E-state index is 0.257. The fraction of sp³-hybridized carbons (Fsp3) is 0.292. The molecule has 0 aliphatic carbocycles. The first-order valence-corrected chi connectivity index (χ1v) is 11.1. The third-order valence-corrected chi connectivity index (χ3v) is 6.09. The van der Waals surface area contributed by atoms with Crippen LogP contribution in [0.1, 0.15) is 17.7 Å². The summed E-state index contributed by atoms with van der Waals surface area (Å²) in [5, 5.41) is 21.4. The Morgan fingerprint density at radius 3 is 2.36 bits per heavy atom. The topological polar surface area (TPSA) is 116 Å². The predicted octanol–water partition coefficient (Wildman–Crippen LogP) is 2.67. The first kappa shape index (κ1) is 26.1. The van der Waals surface area contributed by atoms with Crippen LogP contribution in [0, 0.1) is 0 Å². The van der Waals surface area contributed by atoms with Crippen LogP contribution in [-0.2, 0) is 14.4 Å². The molecule has 0 bridgehead atoms. The second-order valence-corrected chi connectivity index (χ2v) is 8.28. The molecule has 0 aromatic heterocycles. The van der Waals surface area contributed by atoms with E-state index >= 15 is 0 Å². The van der Waals surface area contributed by atoms with Gasteiger partial charge in [-0.2, -0.15) is 0 Å². The molecule has 8 nitrogen and oxygen atoms in total. The molecule has 0 fully saturated rings. The SMILES string of the molecule is CC(=O)/C=C/C(=O)O.CNCCN1C(=O)[C@H](O)[C@H](c2ccc(OC)cc2)Sc2ccccc21. The summed E-state index contributed by atoms with van der Waals surface area (Å²) in [6.07, 6.45) is 0.702. The number of para-hydroxylation sites is 1. The number of aliphatic carboxylic acids is 1. The summed E-state index contributed by atoms with van der Waals surface area (Å²) in [6.45, 7) is 2.46. The molecule has 1 aliphatic heterocycles. The Bertz CT molecular complexity index is 977. The van der Waals surface area contributed by atoms with Gasteiger partial charge in [0.25, 0.3) is 5.91 Å². The molecule has 0 saturated heterocycles. The van der Waals surface area contributed by atoms with E-state index in [-0.39, 0.29) is 16.9 Å². The van der Waals surface area contributed by atoms with Gasteiger partial charge in [-0.15, -0.1) is 11.8 Å². The summed E-state index contributed by atoms with van der Waals surface area (Å²) in [4.78, 5) is 35.3. The predicted molar refractivity (Wildman–Crippen MR) is 128 cm³/mol. The van der Waals surface area contributed by atoms with Gasteiger partial charge < -0.3 is 25.2 Å². The zero-order valence-electron chi connectivity index (χ0n) is 18.7. The van der Waals surface area contributed by atoms with Crippen LogP contribution in [0.4, 0.5) is 5.69 Å². The normalized spacial score (nSPS) is 17.6. The Balaban J connectivity index is 0.000000414. The number of hydrogen-bond donors (Lipinski definition) is 3. The molecule has 1 aliphatic rings. The van der Waals surface area contributed by atoms with Crippen LogP contribution in [0.25, 0.3) is 0 Å². The van der Waals surface area contributed by atoms with Crippen molar-refractivity contribution in [1.29, 1.82) is 0 Å². The standard InChI is InChI=1S/C19H22N2O3S.C5H6O3/c1-20-11-12-21-15-5-3-4-6-16(15)25-18(17(22)19(21)23)13-7-9-14(24-2)10-8-13;1-4(6)2-3-5(7)8/h3-10,17-18,20,22H,11-12H2,1-2H3;2-3H,1H3,(H,7,8)/b;3-2+/t17-,18+;/m1./s1. The molecular formula is C24H28N2O6S. The molecule has 0 radical (unpaired) electrons. The number of rotatable bonds is 7. The number of benzene rings is 2. The number of carboxylic acids is 1. The molecule has 1 amide bonds. The van der Waals surface area contributed by atoms with E-state index in [4.69, 9.17) is 9.84 Å². The van der Waals surface area contributed by atoms with Gasteiger partial charge in [0.15, 0.2) is 5.78 Å². The third kappa shape index (κ3) is 7.45. The first-order chi connectivity index (χ1) is 15.8. The highest BCUT2D eigenvalue weighted by molar-refractivity contribution is 7.99. The van der Waals surface area contributed by atoms with Gasteiger partial charge in [-0.25, -0.2) is 4.79 Å². The Hall–Kier alpha value is -3.14. The van der Waals surface area contributed by atoms with Crippen LogP contribution in [0.2, 0.25) is 0 Å². The van der Waals surface area contributed by atoms with E-state index in [2.05, 4.69) is 5.32 Å². The van der Waals surface area contributed by atoms with Crippen molar-refractivity contribution in [1.82, 2.24) is 5.32 Å². The summed E-state index contributed by atoms with van der Waals surface area (Å²) in [5.74, 6) is -0.875. The van der Waals surface area contributed by atoms with E-state index in [0.29, 0.717) is 13.1 Å². The summed E-state index contributed by atoms with van der Waals surface area (Å²) >= 11 is 1.52. The fourth-order valence-corrected chi connectivity index (χ4v) is 4.34. The number of carbonyl (C=O) groups excluding carboxylic acids is 2. The van der Waals surface area contributed by atoms with Gasteiger partial charge >= 0.3 is 5.97 Å². The lowest BCUT2D eigenvalue weighted by Crippen LogP contribution is -2.43. The maximum atomic E-state index is 12.9. The number of ether oxygens (including phenoxy) is 1. The number of allylic oxidation sites excluding steroid dienone is 1. The number of anilines is 1. The Morgan fingerprint density at radius 1 is 1.15 bits per heavy atom. The van der Waals surface area contributed by atoms with Crippen LogP contribution < -0.4 is 15.0 Å². The second kappa shape index (κ2) is 12.8. The molecule has 3 rings (SSSR count). The fourth-order valence-electron chi connectivity index (χ4n) is 3.08. The number of ketones is 1. The van der Waals surface area contributed by atoms with E-state index in [1.54, 1.807) is 12.0 Å². The van der Waals surface area contributed by atoms with Crippen LogP contribution in [0.5, 0.6) is 5.75 Å². The average molecular weight is 473 g/mol. The van der Waals surface area contributed by atoms with Gasteiger partial charge in [-0.1, -0.05) is 24.3 Å². The number of nitrogens with one attached hydrogen (secondary N) is 1. The van der Waals surface area contributed by atoms with Gasteiger partial charge in [-0.3, -0.25) is 9.59 Å². The zero-order chi connectivity index (χ0) is 24.4. The van der Waals surface area contributed by atoms with Crippen molar-refractivity contribution in [2.24, 2.45) is 0 Å². The van der Waals surface area contributed by atoms with Crippen molar-refractivity contribution < 1.29 is 29.3 Å². The van der Waals surface area contributed by atoms with E-state index in [0.717, 1.165) is 34.0 Å². The van der Waals surface area contributed by atoms with Crippen molar-refractivity contribution in [3.63, 3.8) is 0 Å². The van der Waals surface area contributed by atoms with Gasteiger partial charge in [0, 0.05) is 24.1 Å². The lowest BCUT2D eigenvalue weighted by Gasteiger charge is -2.25.